The van der Waals surface area contributed by atoms with E-state index in [1.54, 1.807) is 0 Å². The summed E-state index contributed by atoms with van der Waals surface area (Å²) >= 11 is 0. The molecule has 0 saturated heterocycles. The molecule has 3 heteroatoms. The normalized spacial score (nSPS) is 13.6. The number of fused-ring (bicyclic) bond motifs is 1. The topological polar surface area (TPSA) is 38.7 Å². The van der Waals surface area contributed by atoms with Gasteiger partial charge in [-0.3, -0.25) is 4.99 Å². The van der Waals surface area contributed by atoms with Gasteiger partial charge in [0.2, 0.25) is 0 Å². The fraction of sp³-hybridized carbons (Fsp3) is 0.125. The van der Waals surface area contributed by atoms with Gasteiger partial charge < -0.3 is 4.74 Å². The molecule has 0 N–H and O–H groups in total. The average Bonchev–Trinajstić information content (AvgIpc) is 2.99. The fourth-order valence-electron chi connectivity index (χ4n) is 2.31. The van der Waals surface area contributed by atoms with Crippen molar-refractivity contribution in [2.24, 2.45) is 4.99 Å². The second-order valence-corrected chi connectivity index (χ2v) is 4.43. The van der Waals surface area contributed by atoms with Crippen LogP contribution in [-0.4, -0.2) is 19.3 Å². The smallest absolute Gasteiger partial charge is 0.338 e. The van der Waals surface area contributed by atoms with Gasteiger partial charge in [0, 0.05) is 18.8 Å². The van der Waals surface area contributed by atoms with Gasteiger partial charge in [-0.15, -0.1) is 0 Å². The maximum Gasteiger partial charge on any atom is 0.338 e. The lowest BCUT2D eigenvalue weighted by Gasteiger charge is -2.09. The van der Waals surface area contributed by atoms with Crippen LogP contribution in [0.1, 0.15) is 22.3 Å². The molecule has 0 aromatic heterocycles. The second kappa shape index (κ2) is 4.69. The number of carbonyl (C=O) groups is 1. The number of carbonyl (C=O) groups excluding carboxylic acids is 1. The van der Waals surface area contributed by atoms with Crippen LogP contribution >= 0.6 is 0 Å². The minimum absolute atomic E-state index is 0.308. The van der Waals surface area contributed by atoms with Crippen LogP contribution in [0.25, 0.3) is 16.3 Å². The Morgan fingerprint density at radius 1 is 1.26 bits per heavy atom. The van der Waals surface area contributed by atoms with Crippen LogP contribution in [-0.2, 0) is 4.74 Å². The maximum absolute atomic E-state index is 11.9. The van der Waals surface area contributed by atoms with Crippen LogP contribution in [0.15, 0.2) is 47.6 Å². The van der Waals surface area contributed by atoms with E-state index in [1.807, 2.05) is 42.7 Å². The Labute approximate surface area is 111 Å². The van der Waals surface area contributed by atoms with Gasteiger partial charge in [0.15, 0.2) is 0 Å². The van der Waals surface area contributed by atoms with E-state index in [4.69, 9.17) is 4.74 Å². The van der Waals surface area contributed by atoms with Gasteiger partial charge in [-0.1, -0.05) is 24.3 Å². The number of methoxy groups -OCH3 is 1. The van der Waals surface area contributed by atoms with E-state index in [2.05, 4.69) is 11.1 Å². The van der Waals surface area contributed by atoms with Crippen molar-refractivity contribution in [3.63, 3.8) is 0 Å². The summed E-state index contributed by atoms with van der Waals surface area (Å²) in [5, 5.41) is 1.95. The van der Waals surface area contributed by atoms with Crippen LogP contribution in [0, 0.1) is 0 Å². The Hall–Kier alpha value is -2.42. The number of nitrogens with zero attached hydrogens (tertiary/aromatic N) is 1. The summed E-state index contributed by atoms with van der Waals surface area (Å²) in [7, 11) is 1.40. The van der Waals surface area contributed by atoms with Crippen LogP contribution in [0.5, 0.6) is 0 Å². The quantitative estimate of drug-likeness (QED) is 0.767. The summed E-state index contributed by atoms with van der Waals surface area (Å²) in [6.07, 6.45) is 4.51. The van der Waals surface area contributed by atoms with Crippen molar-refractivity contribution in [3.8, 4) is 0 Å². The minimum Gasteiger partial charge on any atom is -0.465 e. The van der Waals surface area contributed by atoms with Gasteiger partial charge in [-0.2, -0.15) is 0 Å². The molecule has 1 aliphatic rings. The number of rotatable bonds is 2. The van der Waals surface area contributed by atoms with Crippen molar-refractivity contribution in [1.29, 1.82) is 0 Å². The first-order valence-corrected chi connectivity index (χ1v) is 6.12. The summed E-state index contributed by atoms with van der Waals surface area (Å²) in [6, 6.07) is 11.8. The van der Waals surface area contributed by atoms with Crippen molar-refractivity contribution < 1.29 is 9.53 Å². The molecule has 0 spiro atoms. The van der Waals surface area contributed by atoms with Gasteiger partial charge in [0.05, 0.1) is 12.7 Å². The number of allylic oxidation sites excluding steroid dienone is 1. The third kappa shape index (κ3) is 2.03. The maximum atomic E-state index is 11.9. The lowest BCUT2D eigenvalue weighted by molar-refractivity contribution is 0.0603. The van der Waals surface area contributed by atoms with Crippen LogP contribution in [0.2, 0.25) is 0 Å². The predicted molar refractivity (Wildman–Crippen MR) is 76.4 cm³/mol. The summed E-state index contributed by atoms with van der Waals surface area (Å²) in [5.41, 5.74) is 2.75. The summed E-state index contributed by atoms with van der Waals surface area (Å²) in [6.45, 7) is 0. The Morgan fingerprint density at radius 2 is 2.11 bits per heavy atom. The van der Waals surface area contributed by atoms with E-state index in [0.717, 1.165) is 28.3 Å². The summed E-state index contributed by atoms with van der Waals surface area (Å²) in [5.74, 6) is -0.308. The van der Waals surface area contributed by atoms with Gasteiger partial charge in [0.1, 0.15) is 0 Å². The highest BCUT2D eigenvalue weighted by Crippen LogP contribution is 2.28. The Balaban J connectivity index is 2.23. The molecule has 2 aromatic carbocycles. The molecule has 0 bridgehead atoms. The van der Waals surface area contributed by atoms with E-state index < -0.39 is 0 Å². The molecule has 0 atom stereocenters. The van der Waals surface area contributed by atoms with Crippen molar-refractivity contribution in [2.45, 2.75) is 6.42 Å². The Bertz CT molecular complexity index is 714. The SMILES string of the molecule is COC(=O)c1cc(C2=CN=CC2)cc2ccccc12. The molecule has 1 aliphatic heterocycles. The lowest BCUT2D eigenvalue weighted by Crippen LogP contribution is -2.03. The standard InChI is InChI=1S/C16H13NO2/c1-19-16(18)15-9-13(12-6-7-17-10-12)8-11-4-2-3-5-14(11)15/h2-5,7-10H,6H2,1H3. The molecule has 0 aliphatic carbocycles. The Kier molecular flexibility index (Phi) is 2.88. The molecule has 94 valence electrons. The Morgan fingerprint density at radius 3 is 2.84 bits per heavy atom. The number of hydrogen-bond acceptors (Lipinski definition) is 3. The van der Waals surface area contributed by atoms with Gasteiger partial charge in [-0.25, -0.2) is 4.79 Å². The number of ether oxygens (including phenoxy) is 1. The fourth-order valence-corrected chi connectivity index (χ4v) is 2.31. The largest absolute Gasteiger partial charge is 0.465 e. The van der Waals surface area contributed by atoms with Crippen molar-refractivity contribution in [1.82, 2.24) is 0 Å². The average molecular weight is 251 g/mol. The summed E-state index contributed by atoms with van der Waals surface area (Å²) < 4.78 is 4.87. The number of esters is 1. The monoisotopic (exact) mass is 251 g/mol. The lowest BCUT2D eigenvalue weighted by atomic mass is 9.96. The van der Waals surface area contributed by atoms with Crippen molar-refractivity contribution >= 4 is 28.5 Å². The molecule has 0 unspecified atom stereocenters. The van der Waals surface area contributed by atoms with E-state index in [1.165, 1.54) is 7.11 Å². The second-order valence-electron chi connectivity index (χ2n) is 4.43. The highest BCUT2D eigenvalue weighted by molar-refractivity contribution is 6.06. The molecule has 1 heterocycles. The highest BCUT2D eigenvalue weighted by Gasteiger charge is 2.14. The van der Waals surface area contributed by atoms with Gasteiger partial charge in [0.25, 0.3) is 0 Å². The number of aliphatic imine (C=N–C) groups is 1. The van der Waals surface area contributed by atoms with Crippen LogP contribution in [0.3, 0.4) is 0 Å². The van der Waals surface area contributed by atoms with E-state index in [-0.39, 0.29) is 5.97 Å². The molecule has 19 heavy (non-hydrogen) atoms. The van der Waals surface area contributed by atoms with Crippen molar-refractivity contribution in [3.05, 3.63) is 53.7 Å². The molecular weight excluding hydrogens is 238 g/mol. The first-order valence-electron chi connectivity index (χ1n) is 6.12. The first kappa shape index (κ1) is 11.7. The molecule has 0 amide bonds. The molecule has 0 radical (unpaired) electrons. The number of hydrogen-bond donors (Lipinski definition) is 0. The molecule has 3 rings (SSSR count). The zero-order chi connectivity index (χ0) is 13.2. The molecular formula is C16H13NO2. The van der Waals surface area contributed by atoms with Crippen LogP contribution in [0.4, 0.5) is 0 Å². The zero-order valence-corrected chi connectivity index (χ0v) is 10.6. The third-order valence-corrected chi connectivity index (χ3v) is 3.28. The minimum atomic E-state index is -0.308. The number of benzene rings is 2. The van der Waals surface area contributed by atoms with E-state index >= 15 is 0 Å². The summed E-state index contributed by atoms with van der Waals surface area (Å²) in [4.78, 5) is 16.0. The van der Waals surface area contributed by atoms with Crippen LogP contribution < -0.4 is 0 Å². The molecule has 2 aromatic rings. The highest BCUT2D eigenvalue weighted by atomic mass is 16.5. The zero-order valence-electron chi connectivity index (χ0n) is 10.6. The predicted octanol–water partition coefficient (Wildman–Crippen LogP) is 3.44. The van der Waals surface area contributed by atoms with Crippen molar-refractivity contribution in [2.75, 3.05) is 7.11 Å². The van der Waals surface area contributed by atoms with Gasteiger partial charge >= 0.3 is 5.97 Å². The molecule has 0 saturated carbocycles. The first-order chi connectivity index (χ1) is 9.29. The molecule has 0 fully saturated rings. The van der Waals surface area contributed by atoms with E-state index in [0.29, 0.717) is 5.56 Å². The molecule has 3 nitrogen and oxygen atoms in total. The van der Waals surface area contributed by atoms with Gasteiger partial charge in [-0.05, 0) is 34.0 Å². The third-order valence-electron chi connectivity index (χ3n) is 3.28. The van der Waals surface area contributed by atoms with E-state index in [9.17, 15) is 4.79 Å².